The summed E-state index contributed by atoms with van der Waals surface area (Å²) in [7, 11) is 1.71. The van der Waals surface area contributed by atoms with Crippen LogP contribution in [0.3, 0.4) is 0 Å². The third-order valence-corrected chi connectivity index (χ3v) is 2.07. The van der Waals surface area contributed by atoms with Crippen LogP contribution in [0.4, 0.5) is 0 Å². The first-order chi connectivity index (χ1) is 5.52. The van der Waals surface area contributed by atoms with Crippen molar-refractivity contribution in [1.82, 2.24) is 5.32 Å². The zero-order valence-electron chi connectivity index (χ0n) is 8.28. The van der Waals surface area contributed by atoms with Gasteiger partial charge < -0.3 is 10.1 Å². The largest absolute Gasteiger partial charge is 0.377 e. The first-order valence-electron chi connectivity index (χ1n) is 4.03. The molecule has 0 unspecified atom stereocenters. The molecule has 0 aromatic carbocycles. The van der Waals surface area contributed by atoms with Crippen molar-refractivity contribution in [3.63, 3.8) is 0 Å². The van der Waals surface area contributed by atoms with E-state index in [9.17, 15) is 0 Å². The molecule has 0 bridgehead atoms. The van der Waals surface area contributed by atoms with Gasteiger partial charge in [-0.05, 0) is 26.3 Å². The summed E-state index contributed by atoms with van der Waals surface area (Å²) in [4.78, 5) is 0. The standard InChI is InChI=1S/C9H18ClNO/c1-8(5-10)6-11-7-9(2,3)12-4/h5,11H,6-7H2,1-4H3. The Balaban J connectivity index is 3.56. The lowest BCUT2D eigenvalue weighted by molar-refractivity contribution is 0.0240. The fourth-order valence-corrected chi connectivity index (χ4v) is 0.749. The van der Waals surface area contributed by atoms with Crippen molar-refractivity contribution >= 4 is 11.6 Å². The molecule has 0 amide bonds. The van der Waals surface area contributed by atoms with Crippen LogP contribution in [0.2, 0.25) is 0 Å². The van der Waals surface area contributed by atoms with Gasteiger partial charge in [-0.3, -0.25) is 0 Å². The van der Waals surface area contributed by atoms with Crippen LogP contribution < -0.4 is 5.32 Å². The van der Waals surface area contributed by atoms with Gasteiger partial charge in [0.2, 0.25) is 0 Å². The van der Waals surface area contributed by atoms with E-state index in [0.717, 1.165) is 18.7 Å². The summed E-state index contributed by atoms with van der Waals surface area (Å²) in [5.41, 5.74) is 2.61. The number of hydrogen-bond donors (Lipinski definition) is 1. The molecule has 0 aromatic rings. The van der Waals surface area contributed by atoms with Crippen LogP contribution >= 0.6 is 11.6 Å². The van der Waals surface area contributed by atoms with Gasteiger partial charge in [0.15, 0.2) is 0 Å². The highest BCUT2D eigenvalue weighted by atomic mass is 35.5. The maximum absolute atomic E-state index is 5.50. The summed E-state index contributed by atoms with van der Waals surface area (Å²) in [5.74, 6) is 0. The van der Waals surface area contributed by atoms with Gasteiger partial charge in [0.25, 0.3) is 0 Å². The second-order valence-corrected chi connectivity index (χ2v) is 3.74. The number of halogens is 1. The van der Waals surface area contributed by atoms with Gasteiger partial charge in [-0.2, -0.15) is 0 Å². The fourth-order valence-electron chi connectivity index (χ4n) is 0.671. The van der Waals surface area contributed by atoms with Gasteiger partial charge in [0.05, 0.1) is 5.60 Å². The van der Waals surface area contributed by atoms with Crippen molar-refractivity contribution in [3.05, 3.63) is 11.1 Å². The Labute approximate surface area is 79.9 Å². The minimum Gasteiger partial charge on any atom is -0.377 e. The Hall–Kier alpha value is -0.0500. The van der Waals surface area contributed by atoms with Crippen LogP contribution in [-0.4, -0.2) is 25.8 Å². The number of methoxy groups -OCH3 is 1. The van der Waals surface area contributed by atoms with E-state index < -0.39 is 0 Å². The lowest BCUT2D eigenvalue weighted by atomic mass is 10.1. The zero-order valence-corrected chi connectivity index (χ0v) is 9.03. The van der Waals surface area contributed by atoms with E-state index in [1.54, 1.807) is 12.6 Å². The molecule has 12 heavy (non-hydrogen) atoms. The number of nitrogens with one attached hydrogen (secondary N) is 1. The second kappa shape index (κ2) is 5.57. The molecule has 72 valence electrons. The predicted octanol–water partition coefficient (Wildman–Crippen LogP) is 2.14. The molecule has 0 aliphatic carbocycles. The van der Waals surface area contributed by atoms with Gasteiger partial charge in [-0.25, -0.2) is 0 Å². The first kappa shape index (κ1) is 11.9. The van der Waals surface area contributed by atoms with Gasteiger partial charge in [-0.15, -0.1) is 0 Å². The summed E-state index contributed by atoms with van der Waals surface area (Å²) < 4.78 is 5.24. The number of rotatable bonds is 5. The maximum Gasteiger partial charge on any atom is 0.0746 e. The SMILES string of the molecule is COC(C)(C)CNCC(C)=CCl. The zero-order chi connectivity index (χ0) is 9.61. The van der Waals surface area contributed by atoms with E-state index in [4.69, 9.17) is 16.3 Å². The molecular weight excluding hydrogens is 174 g/mol. The lowest BCUT2D eigenvalue weighted by Crippen LogP contribution is -2.37. The highest BCUT2D eigenvalue weighted by Gasteiger charge is 2.14. The third kappa shape index (κ3) is 5.58. The molecule has 3 heteroatoms. The number of hydrogen-bond acceptors (Lipinski definition) is 2. The van der Waals surface area contributed by atoms with Crippen LogP contribution in [-0.2, 0) is 4.74 Å². The maximum atomic E-state index is 5.50. The lowest BCUT2D eigenvalue weighted by Gasteiger charge is -2.23. The number of ether oxygens (including phenoxy) is 1. The summed E-state index contributed by atoms with van der Waals surface area (Å²) in [6.45, 7) is 7.71. The Morgan fingerprint density at radius 2 is 2.17 bits per heavy atom. The molecular formula is C9H18ClNO. The van der Waals surface area contributed by atoms with Crippen LogP contribution in [0.15, 0.2) is 11.1 Å². The molecule has 0 aliphatic heterocycles. The van der Waals surface area contributed by atoms with E-state index in [2.05, 4.69) is 5.32 Å². The van der Waals surface area contributed by atoms with E-state index in [1.807, 2.05) is 20.8 Å². The molecule has 0 rings (SSSR count). The summed E-state index contributed by atoms with van der Waals surface area (Å²) >= 11 is 5.50. The molecule has 0 radical (unpaired) electrons. The van der Waals surface area contributed by atoms with Crippen LogP contribution in [0.1, 0.15) is 20.8 Å². The van der Waals surface area contributed by atoms with Crippen LogP contribution in [0, 0.1) is 0 Å². The van der Waals surface area contributed by atoms with Crippen LogP contribution in [0.25, 0.3) is 0 Å². The molecule has 0 atom stereocenters. The average molecular weight is 192 g/mol. The van der Waals surface area contributed by atoms with Gasteiger partial charge in [-0.1, -0.05) is 11.6 Å². The topological polar surface area (TPSA) is 21.3 Å². The molecule has 0 aromatic heterocycles. The molecule has 2 nitrogen and oxygen atoms in total. The Morgan fingerprint density at radius 3 is 2.58 bits per heavy atom. The van der Waals surface area contributed by atoms with Crippen molar-refractivity contribution in [2.75, 3.05) is 20.2 Å². The first-order valence-corrected chi connectivity index (χ1v) is 4.47. The Morgan fingerprint density at radius 1 is 1.58 bits per heavy atom. The Bertz CT molecular complexity index is 155. The Kier molecular flexibility index (Phi) is 5.55. The molecule has 0 fully saturated rings. The summed E-state index contributed by atoms with van der Waals surface area (Å²) in [6, 6.07) is 0. The van der Waals surface area contributed by atoms with Gasteiger partial charge in [0, 0.05) is 25.7 Å². The molecule has 0 saturated carbocycles. The van der Waals surface area contributed by atoms with E-state index >= 15 is 0 Å². The fraction of sp³-hybridized carbons (Fsp3) is 0.778. The highest BCUT2D eigenvalue weighted by Crippen LogP contribution is 2.04. The van der Waals surface area contributed by atoms with Gasteiger partial charge in [0.1, 0.15) is 0 Å². The summed E-state index contributed by atoms with van der Waals surface area (Å²) in [6.07, 6.45) is 0. The quantitative estimate of drug-likeness (QED) is 0.719. The molecule has 1 N–H and O–H groups in total. The average Bonchev–Trinajstić information content (AvgIpc) is 2.04. The van der Waals surface area contributed by atoms with Crippen molar-refractivity contribution in [2.45, 2.75) is 26.4 Å². The van der Waals surface area contributed by atoms with Crippen molar-refractivity contribution in [2.24, 2.45) is 0 Å². The molecule has 0 saturated heterocycles. The third-order valence-electron chi connectivity index (χ3n) is 1.69. The van der Waals surface area contributed by atoms with E-state index in [-0.39, 0.29) is 5.60 Å². The van der Waals surface area contributed by atoms with Crippen molar-refractivity contribution in [3.8, 4) is 0 Å². The van der Waals surface area contributed by atoms with Crippen LogP contribution in [0.5, 0.6) is 0 Å². The molecule has 0 heterocycles. The smallest absolute Gasteiger partial charge is 0.0746 e. The van der Waals surface area contributed by atoms with Crippen molar-refractivity contribution < 1.29 is 4.74 Å². The molecule has 0 aliphatic rings. The monoisotopic (exact) mass is 191 g/mol. The predicted molar refractivity (Wildman–Crippen MR) is 53.6 cm³/mol. The minimum atomic E-state index is -0.105. The molecule has 0 spiro atoms. The van der Waals surface area contributed by atoms with Crippen molar-refractivity contribution in [1.29, 1.82) is 0 Å². The summed E-state index contributed by atoms with van der Waals surface area (Å²) in [5, 5.41) is 3.25. The van der Waals surface area contributed by atoms with E-state index in [1.165, 1.54) is 0 Å². The highest BCUT2D eigenvalue weighted by molar-refractivity contribution is 6.25. The van der Waals surface area contributed by atoms with E-state index in [0.29, 0.717) is 0 Å². The van der Waals surface area contributed by atoms with Gasteiger partial charge >= 0.3 is 0 Å². The minimum absolute atomic E-state index is 0.105. The second-order valence-electron chi connectivity index (χ2n) is 3.52. The normalized spacial score (nSPS) is 13.6.